The summed E-state index contributed by atoms with van der Waals surface area (Å²) < 4.78 is 38.6. The van der Waals surface area contributed by atoms with E-state index in [2.05, 4.69) is 36.4 Å². The number of carboxylic acid groups (broad SMARTS) is 3. The number of aromatic carboxylic acids is 1. The lowest BCUT2D eigenvalue weighted by Crippen LogP contribution is -2.52. The van der Waals surface area contributed by atoms with Crippen LogP contribution in [0.4, 0.5) is 15.7 Å². The average Bonchev–Trinajstić information content (AvgIpc) is 1.63. The molecule has 6 aromatic rings. The van der Waals surface area contributed by atoms with E-state index in [0.717, 1.165) is 56.1 Å². The summed E-state index contributed by atoms with van der Waals surface area (Å²) in [6.07, 6.45) is -0.978. The van der Waals surface area contributed by atoms with Crippen molar-refractivity contribution in [1.29, 1.82) is 0 Å². The van der Waals surface area contributed by atoms with E-state index in [1.807, 2.05) is 52.9 Å². The molecule has 3 aliphatic heterocycles. The summed E-state index contributed by atoms with van der Waals surface area (Å²) in [6, 6.07) is 21.3. The molecule has 524 valence electrons. The van der Waals surface area contributed by atoms with E-state index in [4.69, 9.17) is 38.5 Å². The molecule has 3 aromatic heterocycles. The Morgan fingerprint density at radius 3 is 2.44 bits per heavy atom. The Morgan fingerprint density at radius 2 is 1.68 bits per heavy atom. The highest BCUT2D eigenvalue weighted by molar-refractivity contribution is 7.22. The Kier molecular flexibility index (Phi) is 21.9. The molecule has 28 nitrogen and oxygen atoms in total. The Bertz CT molecular complexity index is 4100. The second kappa shape index (κ2) is 30.6. The first-order valence-corrected chi connectivity index (χ1v) is 33.6. The van der Waals surface area contributed by atoms with E-state index in [-0.39, 0.29) is 105 Å². The number of aliphatic hydroxyl groups excluding tert-OH is 2. The molecule has 7 atom stereocenters. The van der Waals surface area contributed by atoms with Crippen LogP contribution in [0.25, 0.3) is 21.3 Å². The van der Waals surface area contributed by atoms with Gasteiger partial charge in [0.25, 0.3) is 17.7 Å². The fourth-order valence-electron chi connectivity index (χ4n) is 13.9. The summed E-state index contributed by atoms with van der Waals surface area (Å²) in [6.45, 7) is 9.11. The largest absolute Gasteiger partial charge is 0.491 e. The number of hydrogen-bond donors (Lipinski definition) is 7. The van der Waals surface area contributed by atoms with Crippen LogP contribution in [0.3, 0.4) is 0 Å². The first-order chi connectivity index (χ1) is 47.4. The minimum Gasteiger partial charge on any atom is -0.491 e. The maximum Gasteiger partial charge on any atom is 0.410 e. The predicted octanol–water partition coefficient (Wildman–Crippen LogP) is 6.92. The van der Waals surface area contributed by atoms with Crippen molar-refractivity contribution in [3.05, 3.63) is 136 Å². The molecule has 6 heterocycles. The van der Waals surface area contributed by atoms with Crippen molar-refractivity contribution in [3.63, 3.8) is 0 Å². The monoisotopic (exact) mass is 1380 g/mol. The van der Waals surface area contributed by atoms with Crippen molar-refractivity contribution in [2.24, 2.45) is 11.3 Å². The van der Waals surface area contributed by atoms with E-state index in [0.29, 0.717) is 73.0 Å². The third-order valence-electron chi connectivity index (χ3n) is 18.9. The zero-order chi connectivity index (χ0) is 70.3. The second-order valence-corrected chi connectivity index (χ2v) is 26.9. The summed E-state index contributed by atoms with van der Waals surface area (Å²) >= 11 is 1.39. The van der Waals surface area contributed by atoms with E-state index < -0.39 is 85.5 Å². The smallest absolute Gasteiger partial charge is 0.410 e. The number of benzene rings is 3. The summed E-state index contributed by atoms with van der Waals surface area (Å²) in [5, 5.41) is 62.7. The molecule has 2 fully saturated rings. The molecule has 0 spiro atoms. The fourth-order valence-corrected chi connectivity index (χ4v) is 14.8. The number of hydrogen-bond acceptors (Lipinski definition) is 21. The van der Waals surface area contributed by atoms with E-state index in [1.165, 1.54) is 40.0 Å². The van der Waals surface area contributed by atoms with Crippen LogP contribution >= 0.6 is 11.3 Å². The van der Waals surface area contributed by atoms with Gasteiger partial charge in [-0.15, -0.1) is 0 Å². The predicted molar refractivity (Wildman–Crippen MR) is 357 cm³/mol. The average molecular weight is 1380 g/mol. The van der Waals surface area contributed by atoms with Gasteiger partial charge in [0.1, 0.15) is 36.6 Å². The van der Waals surface area contributed by atoms with Gasteiger partial charge in [-0.3, -0.25) is 38.9 Å². The summed E-state index contributed by atoms with van der Waals surface area (Å²) in [4.78, 5) is 114. The number of thiazole rings is 1. The number of ether oxygens (including phenoxy) is 6. The Balaban J connectivity index is 0.727. The topological polar surface area (TPSA) is 370 Å². The Morgan fingerprint density at radius 1 is 0.879 bits per heavy atom. The number of amides is 5. The van der Waals surface area contributed by atoms with Crippen molar-refractivity contribution in [2.45, 2.75) is 129 Å². The Labute approximate surface area is 573 Å². The number of aliphatic carboxylic acids is 2. The maximum atomic E-state index is 14.1. The Hall–Kier alpha value is -9.65. The lowest BCUT2D eigenvalue weighted by molar-refractivity contribution is -0.238. The van der Waals surface area contributed by atoms with Crippen LogP contribution in [-0.2, 0) is 69.0 Å². The van der Waals surface area contributed by atoms with Crippen molar-refractivity contribution in [1.82, 2.24) is 34.9 Å². The van der Waals surface area contributed by atoms with Crippen LogP contribution in [0.1, 0.15) is 109 Å². The molecule has 29 heteroatoms. The summed E-state index contributed by atoms with van der Waals surface area (Å²) in [5.41, 5.74) is 6.21. The molecule has 1 saturated carbocycles. The third-order valence-corrected chi connectivity index (χ3v) is 19.8. The first-order valence-electron chi connectivity index (χ1n) is 32.7. The number of aromatic nitrogens is 4. The highest BCUT2D eigenvalue weighted by atomic mass is 32.1. The number of nitrogens with one attached hydrogen (secondary N) is 2. The van der Waals surface area contributed by atoms with Crippen LogP contribution in [0.2, 0.25) is 0 Å². The van der Waals surface area contributed by atoms with Gasteiger partial charge in [0.15, 0.2) is 16.9 Å². The normalized spacial score (nSPS) is 21.9. The van der Waals surface area contributed by atoms with Crippen LogP contribution in [-0.4, -0.2) is 192 Å². The number of fused-ring (bicyclic) bond motifs is 4. The van der Waals surface area contributed by atoms with Crippen molar-refractivity contribution in [2.75, 3.05) is 69.4 Å². The zero-order valence-electron chi connectivity index (χ0n) is 55.2. The number of pyridine rings is 1. The van der Waals surface area contributed by atoms with Gasteiger partial charge < -0.3 is 69.1 Å². The molecule has 1 saturated heterocycles. The standard InChI is InChI=1S/C70H79N9O19S/c1-40-32-69(4)39-70(33-40,34-45(41(69)2)36-79-42(3)49(35-72-79)47-14-15-56(74-61(47)65(90)91)77-22-18-43-8-7-9-48(50(43)37-77)63(87)75-67-73-51-10-5-6-11-55(51)99-67)96-27-25-76(23-20-60(84)85)68(92)95-38-44-12-13-46(30-53(44)97-66-62(86)52(80)31-54(98-66)64(88)89)94-29-28-93-26-21-71-57(81)19-24-78-58(82)16-17-59(78)83/h5-17,30,35,40,52,54,62,66,80,86H,18-29,31-34,36-39H2,1-4H3,(H,71,81)(H,84,85)(H,88,89)(H,90,91)(H,73,75,87)/t40?,52-,54-,62?,66+,69?,70?/m0/s1. The van der Waals surface area contributed by atoms with Gasteiger partial charge in [-0.25, -0.2) is 24.4 Å². The third kappa shape index (κ3) is 16.6. The molecule has 4 unspecified atom stereocenters. The fraction of sp³-hybridized carbons (Fsp3) is 0.443. The number of anilines is 2. The number of imide groups is 1. The highest BCUT2D eigenvalue weighted by Gasteiger charge is 2.51. The quantitative estimate of drug-likeness (QED) is 0.0142. The molecule has 2 bridgehead atoms. The number of para-hydroxylation sites is 1. The van der Waals surface area contributed by atoms with Crippen LogP contribution < -0.4 is 25.0 Å². The number of aliphatic hydroxyl groups is 2. The van der Waals surface area contributed by atoms with Gasteiger partial charge in [0, 0.05) is 98.3 Å². The van der Waals surface area contributed by atoms with Gasteiger partial charge in [0.2, 0.25) is 12.2 Å². The minimum absolute atomic E-state index is 0.00719. The van der Waals surface area contributed by atoms with Gasteiger partial charge in [-0.2, -0.15) is 5.10 Å². The lowest BCUT2D eigenvalue weighted by Gasteiger charge is -2.54. The molecule has 5 aliphatic rings. The number of carboxylic acids is 3. The molecule has 11 rings (SSSR count). The number of carbonyl (C=O) groups excluding carboxylic acids is 5. The lowest BCUT2D eigenvalue weighted by atomic mass is 9.56. The SMILES string of the molecule is CC1=C(Cn2ncc(-c3ccc(N4CCc5cccc(C(=O)Nc6nc7ccccc7s6)c5C4)nc3C(=O)O)c2C)CC2(OCCN(CCC(=O)O)C(=O)OCc3ccc(OCCOCCNC(=O)CCN4C(=O)C=CC4=O)cc3O[C@@H]3O[C@H](C(=O)O)C[C@H](O)C3O)CC(C)CC1(C)C2. The van der Waals surface area contributed by atoms with Crippen molar-refractivity contribution in [3.8, 4) is 22.6 Å². The molecular formula is C70H79N9O19S. The molecule has 5 amide bonds. The van der Waals surface area contributed by atoms with Crippen LogP contribution in [0, 0.1) is 18.3 Å². The van der Waals surface area contributed by atoms with Crippen molar-refractivity contribution < 1.29 is 92.3 Å². The number of allylic oxidation sites excluding steroid dienone is 1. The van der Waals surface area contributed by atoms with Gasteiger partial charge in [0.05, 0.1) is 60.9 Å². The molecule has 7 N–H and O–H groups in total. The van der Waals surface area contributed by atoms with E-state index in [9.17, 15) is 63.9 Å². The van der Waals surface area contributed by atoms with Gasteiger partial charge >= 0.3 is 24.0 Å². The zero-order valence-corrected chi connectivity index (χ0v) is 56.0. The molecule has 99 heavy (non-hydrogen) atoms. The summed E-state index contributed by atoms with van der Waals surface area (Å²) in [5.74, 6) is -4.61. The van der Waals surface area contributed by atoms with Crippen molar-refractivity contribution >= 4 is 80.1 Å². The molecule has 3 aromatic carbocycles. The number of rotatable bonds is 29. The van der Waals surface area contributed by atoms with Crippen LogP contribution in [0.5, 0.6) is 11.5 Å². The highest BCUT2D eigenvalue weighted by Crippen LogP contribution is 2.57. The number of nitrogens with zero attached hydrogens (tertiary/aromatic N) is 7. The van der Waals surface area contributed by atoms with Crippen LogP contribution in [0.15, 0.2) is 102 Å². The summed E-state index contributed by atoms with van der Waals surface area (Å²) in [7, 11) is 0. The maximum absolute atomic E-state index is 14.1. The molecule has 0 radical (unpaired) electrons. The van der Waals surface area contributed by atoms with Gasteiger partial charge in [-0.1, -0.05) is 55.0 Å². The molecular weight excluding hydrogens is 1300 g/mol. The number of carbonyl (C=O) groups is 8. The van der Waals surface area contributed by atoms with Gasteiger partial charge in [-0.05, 0) is 116 Å². The second-order valence-electron chi connectivity index (χ2n) is 25.8. The molecule has 2 aliphatic carbocycles. The minimum atomic E-state index is -1.70. The first kappa shape index (κ1) is 70.7. The van der Waals surface area contributed by atoms with E-state index in [1.54, 1.807) is 24.4 Å². The van der Waals surface area contributed by atoms with E-state index >= 15 is 0 Å².